The predicted molar refractivity (Wildman–Crippen MR) is 136 cm³/mol. The van der Waals surface area contributed by atoms with Gasteiger partial charge in [-0.1, -0.05) is 31.0 Å². The zero-order valence-corrected chi connectivity index (χ0v) is 20.2. The number of aromatic nitrogens is 5. The van der Waals surface area contributed by atoms with Crippen LogP contribution in [0.2, 0.25) is 0 Å². The predicted octanol–water partition coefficient (Wildman–Crippen LogP) is 5.52. The second-order valence-electron chi connectivity index (χ2n) is 9.63. The number of carbonyl (C=O) groups excluding carboxylic acids is 1. The molecule has 0 atom stereocenters. The van der Waals surface area contributed by atoms with Gasteiger partial charge in [0.05, 0.1) is 11.4 Å². The number of nitrogens with one attached hydrogen (secondary N) is 1. The van der Waals surface area contributed by atoms with Gasteiger partial charge in [-0.2, -0.15) is 5.10 Å². The molecule has 0 unspecified atom stereocenters. The fourth-order valence-electron chi connectivity index (χ4n) is 5.38. The number of nitrogens with zero attached hydrogens (tertiary/aromatic N) is 5. The molecule has 1 aliphatic carbocycles. The van der Waals surface area contributed by atoms with Gasteiger partial charge in [-0.3, -0.25) is 4.79 Å². The van der Waals surface area contributed by atoms with Gasteiger partial charge < -0.3 is 9.88 Å². The second kappa shape index (κ2) is 9.68. The van der Waals surface area contributed by atoms with E-state index in [2.05, 4.69) is 20.1 Å². The summed E-state index contributed by atoms with van der Waals surface area (Å²) >= 11 is 0. The van der Waals surface area contributed by atoms with Gasteiger partial charge in [-0.25, -0.2) is 9.07 Å². The van der Waals surface area contributed by atoms with Gasteiger partial charge in [0.1, 0.15) is 11.6 Å². The molecule has 1 amide bonds. The van der Waals surface area contributed by atoms with Crippen LogP contribution in [0.4, 0.5) is 10.1 Å². The Hall–Kier alpha value is -3.81. The lowest BCUT2D eigenvalue weighted by Gasteiger charge is -2.10. The van der Waals surface area contributed by atoms with Crippen LogP contribution in [0.25, 0.3) is 17.1 Å². The Morgan fingerprint density at radius 1 is 0.889 bits per heavy atom. The number of fused-ring (bicyclic) bond motifs is 2. The first-order valence-corrected chi connectivity index (χ1v) is 12.9. The smallest absolute Gasteiger partial charge is 0.276 e. The summed E-state index contributed by atoms with van der Waals surface area (Å²) < 4.78 is 18.9. The molecule has 2 aromatic carbocycles. The average Bonchev–Trinajstić information content (AvgIpc) is 3.26. The lowest BCUT2D eigenvalue weighted by Crippen LogP contribution is -2.16. The largest absolute Gasteiger partial charge is 0.318 e. The van der Waals surface area contributed by atoms with Gasteiger partial charge in [0.2, 0.25) is 0 Å². The van der Waals surface area contributed by atoms with Gasteiger partial charge in [0.25, 0.3) is 5.91 Å². The molecule has 184 valence electrons. The molecular weight excluding hydrogens is 455 g/mol. The highest BCUT2D eigenvalue weighted by molar-refractivity contribution is 6.04. The maximum Gasteiger partial charge on any atom is 0.276 e. The molecule has 1 N–H and O–H groups in total. The molecule has 2 aromatic heterocycles. The number of benzene rings is 2. The first-order chi connectivity index (χ1) is 17.7. The first kappa shape index (κ1) is 22.6. The number of halogens is 1. The van der Waals surface area contributed by atoms with Gasteiger partial charge in [0.15, 0.2) is 11.5 Å². The van der Waals surface area contributed by atoms with Crippen LogP contribution in [0.1, 0.15) is 66.1 Å². The van der Waals surface area contributed by atoms with Crippen LogP contribution in [-0.2, 0) is 25.8 Å². The molecule has 36 heavy (non-hydrogen) atoms. The van der Waals surface area contributed by atoms with Gasteiger partial charge in [-0.15, -0.1) is 10.2 Å². The molecule has 7 nitrogen and oxygen atoms in total. The fourth-order valence-corrected chi connectivity index (χ4v) is 5.38. The minimum atomic E-state index is -0.490. The van der Waals surface area contributed by atoms with Gasteiger partial charge >= 0.3 is 0 Å². The third kappa shape index (κ3) is 4.21. The summed E-state index contributed by atoms with van der Waals surface area (Å²) in [5.74, 6) is 0.798. The van der Waals surface area contributed by atoms with Crippen molar-refractivity contribution in [3.8, 4) is 17.1 Å². The van der Waals surface area contributed by atoms with E-state index in [0.717, 1.165) is 92.7 Å². The number of rotatable bonds is 4. The summed E-state index contributed by atoms with van der Waals surface area (Å²) in [6.07, 6.45) is 9.07. The molecule has 0 bridgehead atoms. The molecular formula is C28H29FN6O. The normalized spacial score (nSPS) is 15.5. The summed E-state index contributed by atoms with van der Waals surface area (Å²) in [7, 11) is 0. The highest BCUT2D eigenvalue weighted by atomic mass is 19.1. The maximum atomic E-state index is 14.9. The minimum absolute atomic E-state index is 0.125. The van der Waals surface area contributed by atoms with Crippen LogP contribution in [0, 0.1) is 5.82 Å². The van der Waals surface area contributed by atoms with Crippen molar-refractivity contribution < 1.29 is 9.18 Å². The molecule has 2 aliphatic rings. The van der Waals surface area contributed by atoms with Crippen molar-refractivity contribution in [1.29, 1.82) is 0 Å². The van der Waals surface area contributed by atoms with E-state index in [1.54, 1.807) is 12.1 Å². The number of anilines is 1. The molecule has 0 radical (unpaired) electrons. The quantitative estimate of drug-likeness (QED) is 0.387. The van der Waals surface area contributed by atoms with Gasteiger partial charge in [0, 0.05) is 29.8 Å². The van der Waals surface area contributed by atoms with E-state index in [0.29, 0.717) is 11.5 Å². The summed E-state index contributed by atoms with van der Waals surface area (Å²) in [4.78, 5) is 13.5. The van der Waals surface area contributed by atoms with Crippen LogP contribution >= 0.6 is 0 Å². The monoisotopic (exact) mass is 484 g/mol. The number of hydrogen-bond acceptors (Lipinski definition) is 4. The molecule has 0 saturated heterocycles. The van der Waals surface area contributed by atoms with E-state index in [4.69, 9.17) is 5.10 Å². The SMILES string of the molecule is O=C(Nc1cc(-c2nnc3n2CCCCC3)ccc1F)c1nn(-c2ccccc2)c2c1CCCCC2. The Balaban J connectivity index is 1.34. The highest BCUT2D eigenvalue weighted by Crippen LogP contribution is 2.29. The second-order valence-corrected chi connectivity index (χ2v) is 9.63. The van der Waals surface area contributed by atoms with E-state index in [-0.39, 0.29) is 11.6 Å². The lowest BCUT2D eigenvalue weighted by molar-refractivity contribution is 0.102. The fraction of sp³-hybridized carbons (Fsp3) is 0.357. The molecule has 0 saturated carbocycles. The van der Waals surface area contributed by atoms with E-state index in [1.807, 2.05) is 35.0 Å². The van der Waals surface area contributed by atoms with Gasteiger partial charge in [-0.05, 0) is 68.9 Å². The first-order valence-electron chi connectivity index (χ1n) is 12.9. The van der Waals surface area contributed by atoms with Crippen LogP contribution in [0.3, 0.4) is 0 Å². The zero-order chi connectivity index (χ0) is 24.5. The molecule has 1 aliphatic heterocycles. The molecule has 8 heteroatoms. The summed E-state index contributed by atoms with van der Waals surface area (Å²) in [5, 5.41) is 16.3. The van der Waals surface area contributed by atoms with Crippen LogP contribution in [0.5, 0.6) is 0 Å². The van der Waals surface area contributed by atoms with E-state index in [9.17, 15) is 9.18 Å². The molecule has 4 aromatic rings. The lowest BCUT2D eigenvalue weighted by atomic mass is 10.1. The van der Waals surface area contributed by atoms with Crippen LogP contribution in [0.15, 0.2) is 48.5 Å². The minimum Gasteiger partial charge on any atom is -0.318 e. The summed E-state index contributed by atoms with van der Waals surface area (Å²) in [5.41, 5.74) is 4.20. The van der Waals surface area contributed by atoms with E-state index in [1.165, 1.54) is 6.07 Å². The number of para-hydroxylation sites is 1. The van der Waals surface area contributed by atoms with Crippen molar-refractivity contribution in [2.24, 2.45) is 0 Å². The number of hydrogen-bond donors (Lipinski definition) is 1. The number of aryl methyl sites for hydroxylation is 1. The molecule has 0 fully saturated rings. The average molecular weight is 485 g/mol. The Morgan fingerprint density at radius 2 is 1.69 bits per heavy atom. The maximum absolute atomic E-state index is 14.9. The number of amides is 1. The third-order valence-electron chi connectivity index (χ3n) is 7.23. The number of carbonyl (C=O) groups is 1. The van der Waals surface area contributed by atoms with E-state index >= 15 is 0 Å². The zero-order valence-electron chi connectivity index (χ0n) is 20.2. The Kier molecular flexibility index (Phi) is 6.09. The molecule has 0 spiro atoms. The van der Waals surface area contributed by atoms with Crippen LogP contribution < -0.4 is 5.32 Å². The Bertz CT molecular complexity index is 1410. The van der Waals surface area contributed by atoms with Crippen molar-refractivity contribution in [2.75, 3.05) is 5.32 Å². The Labute approximate surface area is 209 Å². The van der Waals surface area contributed by atoms with Crippen LogP contribution in [-0.4, -0.2) is 30.5 Å². The standard InChI is InChI=1S/C28H29FN6O/c29-22-16-15-19(27-32-31-25-14-8-3-9-17-34(25)27)18-23(22)30-28(36)26-21-12-6-2-7-13-24(21)35(33-26)20-10-4-1-5-11-20/h1,4-5,10-11,15-16,18H,2-3,6-9,12-14,17H2,(H,30,36). The molecule has 3 heterocycles. The van der Waals surface area contributed by atoms with Crippen molar-refractivity contribution in [1.82, 2.24) is 24.5 Å². The highest BCUT2D eigenvalue weighted by Gasteiger charge is 2.26. The molecule has 6 rings (SSSR count). The Morgan fingerprint density at radius 3 is 2.58 bits per heavy atom. The van der Waals surface area contributed by atoms with E-state index < -0.39 is 5.82 Å². The summed E-state index contributed by atoms with van der Waals surface area (Å²) in [6.45, 7) is 0.847. The van der Waals surface area contributed by atoms with Crippen molar-refractivity contribution in [2.45, 2.75) is 64.3 Å². The topological polar surface area (TPSA) is 77.6 Å². The van der Waals surface area contributed by atoms with Crippen molar-refractivity contribution in [3.63, 3.8) is 0 Å². The van der Waals surface area contributed by atoms with Crippen molar-refractivity contribution in [3.05, 3.63) is 77.1 Å². The third-order valence-corrected chi connectivity index (χ3v) is 7.23. The van der Waals surface area contributed by atoms with Crippen molar-refractivity contribution >= 4 is 11.6 Å². The summed E-state index contributed by atoms with van der Waals surface area (Å²) in [6, 6.07) is 14.6.